The summed E-state index contributed by atoms with van der Waals surface area (Å²) in [6.45, 7) is 3.81. The lowest BCUT2D eigenvalue weighted by Gasteiger charge is -2.00. The summed E-state index contributed by atoms with van der Waals surface area (Å²) in [7, 11) is -0.280. The van der Waals surface area contributed by atoms with Gasteiger partial charge in [0.25, 0.3) is 0 Å². The number of hydrogen-bond donors (Lipinski definition) is 0. The van der Waals surface area contributed by atoms with E-state index in [-0.39, 0.29) is 19.2 Å². The number of unbranched alkanes of at least 4 members (excludes halogenated alkanes) is 1. The van der Waals surface area contributed by atoms with E-state index in [0.717, 1.165) is 19.2 Å². The molecular weight excluding hydrogens is 143 g/mol. The van der Waals surface area contributed by atoms with Crippen molar-refractivity contribution in [3.8, 4) is 0 Å². The van der Waals surface area contributed by atoms with Gasteiger partial charge in [0, 0.05) is 0 Å². The van der Waals surface area contributed by atoms with Crippen LogP contribution in [0.15, 0.2) is 0 Å². The Kier molecular flexibility index (Phi) is 2.94. The van der Waals surface area contributed by atoms with Gasteiger partial charge in [0.2, 0.25) is 0 Å². The Morgan fingerprint density at radius 1 is 1.64 bits per heavy atom. The molecule has 1 aliphatic rings. The molecule has 1 fully saturated rings. The van der Waals surface area contributed by atoms with Crippen LogP contribution in [0.1, 0.15) is 26.7 Å². The highest BCUT2D eigenvalue weighted by molar-refractivity contribution is 6.48. The highest BCUT2D eigenvalue weighted by Gasteiger charge is 2.35. The Balaban J connectivity index is 2.24. The minimum absolute atomic E-state index is 0.230. The van der Waals surface area contributed by atoms with E-state index in [4.69, 9.17) is 9.31 Å². The van der Waals surface area contributed by atoms with Crippen LogP contribution < -0.4 is 0 Å². The average Bonchev–Trinajstić information content (AvgIpc) is 2.28. The van der Waals surface area contributed by atoms with Gasteiger partial charge in [-0.3, -0.25) is 4.79 Å². The van der Waals surface area contributed by atoms with Crippen LogP contribution in [0.5, 0.6) is 0 Å². The van der Waals surface area contributed by atoms with E-state index in [2.05, 4.69) is 6.92 Å². The van der Waals surface area contributed by atoms with E-state index in [1.54, 1.807) is 6.92 Å². The number of hydrogen-bond acceptors (Lipinski definition) is 3. The first-order valence-electron chi connectivity index (χ1n) is 4.10. The third kappa shape index (κ3) is 2.22. The molecule has 0 spiro atoms. The summed E-state index contributed by atoms with van der Waals surface area (Å²) in [5.74, 6) is -0.230. The van der Waals surface area contributed by atoms with Crippen LogP contribution in [0.2, 0.25) is 6.32 Å². The first kappa shape index (κ1) is 8.59. The van der Waals surface area contributed by atoms with Crippen molar-refractivity contribution in [1.29, 1.82) is 0 Å². The maximum absolute atomic E-state index is 10.8. The fraction of sp³-hybridized carbons (Fsp3) is 0.857. The average molecular weight is 156 g/mol. The molecule has 1 saturated heterocycles. The lowest BCUT2D eigenvalue weighted by molar-refractivity contribution is -0.135. The van der Waals surface area contributed by atoms with Gasteiger partial charge in [0.05, 0.1) is 0 Å². The van der Waals surface area contributed by atoms with Gasteiger partial charge < -0.3 is 9.31 Å². The zero-order valence-electron chi connectivity index (χ0n) is 7.00. The molecule has 0 bridgehead atoms. The predicted molar refractivity (Wildman–Crippen MR) is 42.1 cm³/mol. The van der Waals surface area contributed by atoms with E-state index in [1.807, 2.05) is 0 Å². The van der Waals surface area contributed by atoms with Gasteiger partial charge in [-0.25, -0.2) is 0 Å². The van der Waals surface area contributed by atoms with Crippen LogP contribution in [0.4, 0.5) is 0 Å². The zero-order chi connectivity index (χ0) is 8.27. The molecule has 0 aromatic carbocycles. The molecule has 1 unspecified atom stereocenters. The molecule has 1 atom stereocenters. The van der Waals surface area contributed by atoms with Gasteiger partial charge >= 0.3 is 13.1 Å². The number of carbonyl (C=O) groups is 1. The molecule has 0 saturated carbocycles. The second kappa shape index (κ2) is 3.76. The summed E-state index contributed by atoms with van der Waals surface area (Å²) in [4.78, 5) is 10.8. The Hall–Kier alpha value is -0.505. The molecule has 62 valence electrons. The molecule has 0 radical (unpaired) electrons. The minimum atomic E-state index is -0.364. The summed E-state index contributed by atoms with van der Waals surface area (Å²) in [6.07, 6.45) is 2.61. The van der Waals surface area contributed by atoms with Gasteiger partial charge in [0.1, 0.15) is 6.10 Å². The number of carbonyl (C=O) groups excluding carboxylic acids is 1. The fourth-order valence-corrected chi connectivity index (χ4v) is 1.03. The highest BCUT2D eigenvalue weighted by Crippen LogP contribution is 2.14. The van der Waals surface area contributed by atoms with Crippen LogP contribution in [-0.2, 0) is 14.1 Å². The van der Waals surface area contributed by atoms with Crippen LogP contribution >= 0.6 is 0 Å². The van der Waals surface area contributed by atoms with E-state index in [0.29, 0.717) is 0 Å². The predicted octanol–water partition coefficient (Wildman–Crippen LogP) is 1.24. The van der Waals surface area contributed by atoms with Crippen LogP contribution in [0.3, 0.4) is 0 Å². The van der Waals surface area contributed by atoms with Gasteiger partial charge in [-0.2, -0.15) is 0 Å². The lowest BCUT2D eigenvalue weighted by Crippen LogP contribution is -2.14. The van der Waals surface area contributed by atoms with E-state index >= 15 is 0 Å². The Labute approximate surface area is 67.2 Å². The van der Waals surface area contributed by atoms with Crippen molar-refractivity contribution >= 4 is 13.1 Å². The van der Waals surface area contributed by atoms with E-state index < -0.39 is 0 Å². The zero-order valence-corrected chi connectivity index (χ0v) is 7.00. The molecule has 0 N–H and O–H groups in total. The third-order valence-corrected chi connectivity index (χ3v) is 1.73. The van der Waals surface area contributed by atoms with Gasteiger partial charge in [0.15, 0.2) is 0 Å². The van der Waals surface area contributed by atoms with Crippen molar-refractivity contribution in [3.63, 3.8) is 0 Å². The number of rotatable bonds is 3. The molecule has 0 aromatic rings. The molecule has 1 heterocycles. The first-order chi connectivity index (χ1) is 5.24. The Bertz CT molecular complexity index is 149. The normalized spacial score (nSPS) is 24.0. The molecule has 3 nitrogen and oxygen atoms in total. The Morgan fingerprint density at radius 2 is 2.36 bits per heavy atom. The molecule has 11 heavy (non-hydrogen) atoms. The SMILES string of the molecule is CCCCB1OC(=O)C(C)O1. The molecule has 1 aliphatic heterocycles. The van der Waals surface area contributed by atoms with Crippen LogP contribution in [-0.4, -0.2) is 19.2 Å². The maximum atomic E-state index is 10.8. The quantitative estimate of drug-likeness (QED) is 0.576. The molecule has 1 rings (SSSR count). The summed E-state index contributed by atoms with van der Waals surface area (Å²) >= 11 is 0. The molecular formula is C7H13BO3. The molecule has 0 aromatic heterocycles. The van der Waals surface area contributed by atoms with Crippen LogP contribution in [0, 0.1) is 0 Å². The summed E-state index contributed by atoms with van der Waals surface area (Å²) < 4.78 is 10.1. The minimum Gasteiger partial charge on any atom is -0.508 e. The van der Waals surface area contributed by atoms with Gasteiger partial charge in [-0.15, -0.1) is 0 Å². The van der Waals surface area contributed by atoms with Crippen molar-refractivity contribution in [2.75, 3.05) is 0 Å². The molecule has 4 heteroatoms. The van der Waals surface area contributed by atoms with Crippen molar-refractivity contribution in [2.45, 2.75) is 39.1 Å². The second-order valence-electron chi connectivity index (χ2n) is 2.79. The summed E-state index contributed by atoms with van der Waals surface area (Å²) in [6, 6.07) is 0. The van der Waals surface area contributed by atoms with E-state index in [1.165, 1.54) is 0 Å². The smallest absolute Gasteiger partial charge is 0.508 e. The van der Waals surface area contributed by atoms with Crippen LogP contribution in [0.25, 0.3) is 0 Å². The van der Waals surface area contributed by atoms with E-state index in [9.17, 15) is 4.79 Å². The fourth-order valence-electron chi connectivity index (χ4n) is 1.03. The van der Waals surface area contributed by atoms with Crippen molar-refractivity contribution < 1.29 is 14.1 Å². The van der Waals surface area contributed by atoms with Crippen molar-refractivity contribution in [3.05, 3.63) is 0 Å². The third-order valence-electron chi connectivity index (χ3n) is 1.73. The monoisotopic (exact) mass is 156 g/mol. The standard InChI is InChI=1S/C7H13BO3/c1-3-4-5-8-10-6(2)7(9)11-8/h6H,3-5H2,1-2H3. The maximum Gasteiger partial charge on any atom is 0.527 e. The highest BCUT2D eigenvalue weighted by atomic mass is 16.7. The van der Waals surface area contributed by atoms with Crippen molar-refractivity contribution in [2.24, 2.45) is 0 Å². The largest absolute Gasteiger partial charge is 0.527 e. The summed E-state index contributed by atoms with van der Waals surface area (Å²) in [5.41, 5.74) is 0. The van der Waals surface area contributed by atoms with Crippen molar-refractivity contribution in [1.82, 2.24) is 0 Å². The molecule has 0 amide bonds. The Morgan fingerprint density at radius 3 is 2.82 bits per heavy atom. The topological polar surface area (TPSA) is 35.5 Å². The summed E-state index contributed by atoms with van der Waals surface area (Å²) in [5, 5.41) is 0. The molecule has 0 aliphatic carbocycles. The van der Waals surface area contributed by atoms with Gasteiger partial charge in [-0.1, -0.05) is 19.8 Å². The lowest BCUT2D eigenvalue weighted by atomic mass is 9.83. The first-order valence-corrected chi connectivity index (χ1v) is 4.10. The second-order valence-corrected chi connectivity index (χ2v) is 2.79. The van der Waals surface area contributed by atoms with Gasteiger partial charge in [-0.05, 0) is 13.2 Å².